The molecule has 0 aliphatic heterocycles. The molecular weight excluding hydrogens is 206 g/mol. The number of rotatable bonds is 7. The van der Waals surface area contributed by atoms with Gasteiger partial charge in [0.1, 0.15) is 0 Å². The van der Waals surface area contributed by atoms with Crippen LogP contribution in [0.4, 0.5) is 5.95 Å². The number of aliphatic hydroxyl groups excluding tert-OH is 1. The van der Waals surface area contributed by atoms with Gasteiger partial charge in [0.25, 0.3) is 0 Å². The fourth-order valence-electron chi connectivity index (χ4n) is 1.33. The number of hydrogen-bond donors (Lipinski definition) is 2. The van der Waals surface area contributed by atoms with Gasteiger partial charge in [0.15, 0.2) is 0 Å². The summed E-state index contributed by atoms with van der Waals surface area (Å²) in [5.41, 5.74) is 0. The standard InChI is InChI=1S/C11H19N3O2/c1-3-16-10-6-7-12-11(14-10)13-9(2)5-4-8-15/h6-7,9,15H,3-5,8H2,1-2H3,(H,12,13,14). The van der Waals surface area contributed by atoms with Crippen LogP contribution in [0.25, 0.3) is 0 Å². The molecule has 2 N–H and O–H groups in total. The zero-order valence-electron chi connectivity index (χ0n) is 9.81. The highest BCUT2D eigenvalue weighted by atomic mass is 16.5. The number of aliphatic hydroxyl groups is 1. The van der Waals surface area contributed by atoms with Gasteiger partial charge in [-0.05, 0) is 26.7 Å². The summed E-state index contributed by atoms with van der Waals surface area (Å²) >= 11 is 0. The fourth-order valence-corrected chi connectivity index (χ4v) is 1.33. The molecule has 0 saturated heterocycles. The molecule has 5 nitrogen and oxygen atoms in total. The summed E-state index contributed by atoms with van der Waals surface area (Å²) in [7, 11) is 0. The molecule has 0 aliphatic rings. The number of nitrogens with zero attached hydrogens (tertiary/aromatic N) is 2. The van der Waals surface area contributed by atoms with Crippen molar-refractivity contribution < 1.29 is 9.84 Å². The van der Waals surface area contributed by atoms with Gasteiger partial charge in [-0.25, -0.2) is 4.98 Å². The van der Waals surface area contributed by atoms with Crippen LogP contribution in [0.5, 0.6) is 5.88 Å². The average molecular weight is 225 g/mol. The minimum atomic E-state index is 0.214. The Balaban J connectivity index is 2.49. The Bertz CT molecular complexity index is 307. The maximum atomic E-state index is 8.72. The highest BCUT2D eigenvalue weighted by Gasteiger charge is 2.04. The molecule has 0 radical (unpaired) electrons. The minimum absolute atomic E-state index is 0.214. The molecule has 5 heteroatoms. The summed E-state index contributed by atoms with van der Waals surface area (Å²) in [6.45, 7) is 4.76. The number of anilines is 1. The van der Waals surface area contributed by atoms with Gasteiger partial charge in [-0.3, -0.25) is 0 Å². The summed E-state index contributed by atoms with van der Waals surface area (Å²) in [5.74, 6) is 1.14. The lowest BCUT2D eigenvalue weighted by Gasteiger charge is -2.13. The first-order valence-corrected chi connectivity index (χ1v) is 5.59. The topological polar surface area (TPSA) is 67.3 Å². The molecular formula is C11H19N3O2. The molecule has 0 fully saturated rings. The van der Waals surface area contributed by atoms with Crippen LogP contribution in [0.1, 0.15) is 26.7 Å². The van der Waals surface area contributed by atoms with Crippen LogP contribution in [-0.4, -0.2) is 34.3 Å². The number of nitrogens with one attached hydrogen (secondary N) is 1. The van der Waals surface area contributed by atoms with E-state index in [1.54, 1.807) is 12.3 Å². The van der Waals surface area contributed by atoms with Gasteiger partial charge in [-0.2, -0.15) is 4.98 Å². The summed E-state index contributed by atoms with van der Waals surface area (Å²) in [6.07, 6.45) is 3.33. The van der Waals surface area contributed by atoms with Crippen molar-refractivity contribution in [3.63, 3.8) is 0 Å². The first kappa shape index (κ1) is 12.7. The lowest BCUT2D eigenvalue weighted by atomic mass is 10.2. The maximum absolute atomic E-state index is 8.72. The van der Waals surface area contributed by atoms with Crippen molar-refractivity contribution in [2.75, 3.05) is 18.5 Å². The van der Waals surface area contributed by atoms with E-state index in [9.17, 15) is 0 Å². The maximum Gasteiger partial charge on any atom is 0.226 e. The Morgan fingerprint density at radius 1 is 1.56 bits per heavy atom. The molecule has 0 aliphatic carbocycles. The van der Waals surface area contributed by atoms with E-state index in [-0.39, 0.29) is 12.6 Å². The highest BCUT2D eigenvalue weighted by molar-refractivity contribution is 5.28. The van der Waals surface area contributed by atoms with Crippen molar-refractivity contribution in [3.8, 4) is 5.88 Å². The smallest absolute Gasteiger partial charge is 0.226 e. The Hall–Kier alpha value is -1.36. The van der Waals surface area contributed by atoms with Crippen LogP contribution >= 0.6 is 0 Å². The minimum Gasteiger partial charge on any atom is -0.478 e. The molecule has 16 heavy (non-hydrogen) atoms. The highest BCUT2D eigenvalue weighted by Crippen LogP contribution is 2.10. The van der Waals surface area contributed by atoms with Crippen molar-refractivity contribution in [2.45, 2.75) is 32.7 Å². The van der Waals surface area contributed by atoms with Gasteiger partial charge in [-0.1, -0.05) is 0 Å². The summed E-state index contributed by atoms with van der Waals surface area (Å²) in [4.78, 5) is 8.31. The first-order valence-electron chi connectivity index (χ1n) is 5.59. The largest absolute Gasteiger partial charge is 0.478 e. The van der Waals surface area contributed by atoms with Crippen molar-refractivity contribution >= 4 is 5.95 Å². The van der Waals surface area contributed by atoms with Crippen molar-refractivity contribution in [1.82, 2.24) is 9.97 Å². The molecule has 90 valence electrons. The predicted molar refractivity (Wildman–Crippen MR) is 62.6 cm³/mol. The van der Waals surface area contributed by atoms with Gasteiger partial charge in [0, 0.05) is 24.9 Å². The van der Waals surface area contributed by atoms with Crippen molar-refractivity contribution in [1.29, 1.82) is 0 Å². The van der Waals surface area contributed by atoms with Crippen LogP contribution in [0.15, 0.2) is 12.3 Å². The number of ether oxygens (including phenoxy) is 1. The molecule has 0 aromatic carbocycles. The molecule has 0 bridgehead atoms. The van der Waals surface area contributed by atoms with E-state index >= 15 is 0 Å². The normalized spacial score (nSPS) is 12.2. The summed E-state index contributed by atoms with van der Waals surface area (Å²) in [6, 6.07) is 1.97. The van der Waals surface area contributed by atoms with E-state index in [0.717, 1.165) is 12.8 Å². The first-order chi connectivity index (χ1) is 7.76. The molecule has 0 amide bonds. The van der Waals surface area contributed by atoms with Gasteiger partial charge < -0.3 is 15.2 Å². The van der Waals surface area contributed by atoms with Crippen LogP contribution in [0.2, 0.25) is 0 Å². The Morgan fingerprint density at radius 2 is 2.38 bits per heavy atom. The molecule has 1 heterocycles. The third kappa shape index (κ3) is 4.44. The molecule has 0 saturated carbocycles. The second-order valence-electron chi connectivity index (χ2n) is 3.56. The van der Waals surface area contributed by atoms with E-state index in [0.29, 0.717) is 18.4 Å². The van der Waals surface area contributed by atoms with Crippen LogP contribution in [-0.2, 0) is 0 Å². The van der Waals surface area contributed by atoms with Gasteiger partial charge in [-0.15, -0.1) is 0 Å². The quantitative estimate of drug-likeness (QED) is 0.735. The fraction of sp³-hybridized carbons (Fsp3) is 0.636. The molecule has 1 aromatic heterocycles. The Labute approximate surface area is 95.9 Å². The summed E-state index contributed by atoms with van der Waals surface area (Å²) < 4.78 is 5.28. The molecule has 1 rings (SSSR count). The lowest BCUT2D eigenvalue weighted by molar-refractivity contribution is 0.282. The molecule has 1 atom stereocenters. The zero-order valence-corrected chi connectivity index (χ0v) is 9.81. The molecule has 0 spiro atoms. The van der Waals surface area contributed by atoms with Crippen molar-refractivity contribution in [3.05, 3.63) is 12.3 Å². The molecule has 1 unspecified atom stereocenters. The van der Waals surface area contributed by atoms with Gasteiger partial charge >= 0.3 is 0 Å². The Kier molecular flexibility index (Phi) is 5.56. The second-order valence-corrected chi connectivity index (χ2v) is 3.56. The Morgan fingerprint density at radius 3 is 3.06 bits per heavy atom. The third-order valence-corrected chi connectivity index (χ3v) is 2.09. The number of hydrogen-bond acceptors (Lipinski definition) is 5. The average Bonchev–Trinajstić information content (AvgIpc) is 2.27. The van der Waals surface area contributed by atoms with Crippen LogP contribution in [0.3, 0.4) is 0 Å². The van der Waals surface area contributed by atoms with E-state index in [1.165, 1.54) is 0 Å². The van der Waals surface area contributed by atoms with Gasteiger partial charge in [0.05, 0.1) is 6.61 Å². The number of aromatic nitrogens is 2. The monoisotopic (exact) mass is 225 g/mol. The summed E-state index contributed by atoms with van der Waals surface area (Å²) in [5, 5.41) is 11.9. The SMILES string of the molecule is CCOc1ccnc(NC(C)CCCO)n1. The van der Waals surface area contributed by atoms with Crippen LogP contribution < -0.4 is 10.1 Å². The van der Waals surface area contributed by atoms with Gasteiger partial charge in [0.2, 0.25) is 11.8 Å². The molecule has 1 aromatic rings. The third-order valence-electron chi connectivity index (χ3n) is 2.09. The van der Waals surface area contributed by atoms with E-state index < -0.39 is 0 Å². The van der Waals surface area contributed by atoms with Crippen LogP contribution in [0, 0.1) is 0 Å². The lowest BCUT2D eigenvalue weighted by Crippen LogP contribution is -2.17. The van der Waals surface area contributed by atoms with Crippen molar-refractivity contribution in [2.24, 2.45) is 0 Å². The predicted octanol–water partition coefficient (Wildman–Crippen LogP) is 1.45. The zero-order chi connectivity index (χ0) is 11.8. The second kappa shape index (κ2) is 7.00. The van der Waals surface area contributed by atoms with E-state index in [1.807, 2.05) is 13.8 Å². The van der Waals surface area contributed by atoms with E-state index in [2.05, 4.69) is 15.3 Å². The van der Waals surface area contributed by atoms with E-state index in [4.69, 9.17) is 9.84 Å².